The molecule has 0 aromatic heterocycles. The topological polar surface area (TPSA) is 20.2 Å². The minimum Gasteiger partial charge on any atom is -0.392 e. The van der Waals surface area contributed by atoms with E-state index in [9.17, 15) is 5.11 Å². The summed E-state index contributed by atoms with van der Waals surface area (Å²) < 4.78 is 0. The van der Waals surface area contributed by atoms with E-state index >= 15 is 0 Å². The Hall–Kier alpha value is -0.960. The minimum atomic E-state index is -0.330. The Morgan fingerprint density at radius 2 is 1.60 bits per heavy atom. The van der Waals surface area contributed by atoms with Crippen molar-refractivity contribution in [1.82, 2.24) is 0 Å². The van der Waals surface area contributed by atoms with E-state index in [2.05, 4.69) is 31.2 Å². The van der Waals surface area contributed by atoms with Crippen LogP contribution in [0.2, 0.25) is 5.02 Å². The van der Waals surface area contributed by atoms with Crippen LogP contribution in [0.15, 0.2) is 53.4 Å². The lowest BCUT2D eigenvalue weighted by Gasteiger charge is -2.11. The molecule has 1 unspecified atom stereocenters. The highest BCUT2D eigenvalue weighted by molar-refractivity contribution is 7.99. The van der Waals surface area contributed by atoms with Crippen molar-refractivity contribution in [3.63, 3.8) is 0 Å². The van der Waals surface area contributed by atoms with Crippen LogP contribution in [0.25, 0.3) is 0 Å². The number of rotatable bonds is 6. The predicted octanol–water partition coefficient (Wildman–Crippen LogP) is 4.60. The average molecular weight is 307 g/mol. The maximum Gasteiger partial charge on any atom is 0.0674 e. The van der Waals surface area contributed by atoms with Gasteiger partial charge in [-0.15, -0.1) is 11.8 Å². The van der Waals surface area contributed by atoms with Gasteiger partial charge in [-0.3, -0.25) is 0 Å². The molecule has 1 atom stereocenters. The van der Waals surface area contributed by atoms with Gasteiger partial charge in [-0.2, -0.15) is 0 Å². The molecule has 0 heterocycles. The Morgan fingerprint density at radius 3 is 2.20 bits per heavy atom. The molecule has 0 spiro atoms. The Morgan fingerprint density at radius 1 is 1.00 bits per heavy atom. The van der Waals surface area contributed by atoms with Crippen molar-refractivity contribution in [2.24, 2.45) is 0 Å². The smallest absolute Gasteiger partial charge is 0.0674 e. The molecule has 0 saturated carbocycles. The molecule has 0 radical (unpaired) electrons. The normalized spacial score (nSPS) is 12.3. The number of hydrogen-bond donors (Lipinski definition) is 1. The quantitative estimate of drug-likeness (QED) is 0.787. The Bertz CT molecular complexity index is 522. The molecule has 106 valence electrons. The van der Waals surface area contributed by atoms with Crippen LogP contribution in [0.5, 0.6) is 0 Å². The maximum absolute atomic E-state index is 10.1. The summed E-state index contributed by atoms with van der Waals surface area (Å²) >= 11 is 7.50. The largest absolute Gasteiger partial charge is 0.392 e. The lowest BCUT2D eigenvalue weighted by atomic mass is 10.1. The second kappa shape index (κ2) is 7.72. The number of aryl methyl sites for hydroxylation is 1. The number of aliphatic hydroxyl groups excluding tert-OH is 1. The maximum atomic E-state index is 10.1. The van der Waals surface area contributed by atoms with Crippen molar-refractivity contribution < 1.29 is 5.11 Å². The molecule has 0 aliphatic carbocycles. The van der Waals surface area contributed by atoms with Crippen LogP contribution < -0.4 is 0 Å². The van der Waals surface area contributed by atoms with E-state index in [1.165, 1.54) is 11.1 Å². The Kier molecular flexibility index (Phi) is 5.96. The number of thioether (sulfide) groups is 1. The molecular formula is C17H19ClOS. The fraction of sp³-hybridized carbons (Fsp3) is 0.294. The SMILES string of the molecule is CCc1ccc(CC(O)CSc2ccc(Cl)cc2)cc1. The molecule has 1 nitrogen and oxygen atoms in total. The molecule has 0 amide bonds. The summed E-state index contributed by atoms with van der Waals surface area (Å²) in [4.78, 5) is 1.13. The minimum absolute atomic E-state index is 0.330. The van der Waals surface area contributed by atoms with E-state index in [4.69, 9.17) is 11.6 Å². The van der Waals surface area contributed by atoms with Crippen LogP contribution in [0.4, 0.5) is 0 Å². The highest BCUT2D eigenvalue weighted by atomic mass is 35.5. The van der Waals surface area contributed by atoms with Crippen LogP contribution in [0.1, 0.15) is 18.1 Å². The lowest BCUT2D eigenvalue weighted by Crippen LogP contribution is -2.13. The Balaban J connectivity index is 1.82. The van der Waals surface area contributed by atoms with Crippen LogP contribution in [-0.2, 0) is 12.8 Å². The lowest BCUT2D eigenvalue weighted by molar-refractivity contribution is 0.200. The first-order valence-electron chi connectivity index (χ1n) is 6.81. The van der Waals surface area contributed by atoms with Crippen molar-refractivity contribution >= 4 is 23.4 Å². The van der Waals surface area contributed by atoms with E-state index in [0.29, 0.717) is 12.2 Å². The molecule has 0 saturated heterocycles. The third kappa shape index (κ3) is 4.86. The van der Waals surface area contributed by atoms with Crippen LogP contribution in [0, 0.1) is 0 Å². The van der Waals surface area contributed by atoms with E-state index in [0.717, 1.165) is 16.3 Å². The van der Waals surface area contributed by atoms with Gasteiger partial charge in [-0.25, -0.2) is 0 Å². The van der Waals surface area contributed by atoms with Crippen molar-refractivity contribution in [3.05, 3.63) is 64.7 Å². The van der Waals surface area contributed by atoms with Gasteiger partial charge in [-0.1, -0.05) is 42.8 Å². The monoisotopic (exact) mass is 306 g/mol. The van der Waals surface area contributed by atoms with Crippen LogP contribution in [-0.4, -0.2) is 17.0 Å². The zero-order chi connectivity index (χ0) is 14.4. The van der Waals surface area contributed by atoms with E-state index in [1.54, 1.807) is 11.8 Å². The zero-order valence-electron chi connectivity index (χ0n) is 11.6. The first-order chi connectivity index (χ1) is 9.67. The first kappa shape index (κ1) is 15.4. The van der Waals surface area contributed by atoms with Gasteiger partial charge >= 0.3 is 0 Å². The number of aliphatic hydroxyl groups is 1. The average Bonchev–Trinajstić information content (AvgIpc) is 2.47. The number of hydrogen-bond acceptors (Lipinski definition) is 2. The summed E-state index contributed by atoms with van der Waals surface area (Å²) in [6.07, 6.45) is 1.42. The molecule has 0 aliphatic heterocycles. The third-order valence-electron chi connectivity index (χ3n) is 3.16. The van der Waals surface area contributed by atoms with Gasteiger partial charge in [-0.05, 0) is 48.2 Å². The van der Waals surface area contributed by atoms with Gasteiger partial charge in [0.2, 0.25) is 0 Å². The fourth-order valence-electron chi connectivity index (χ4n) is 1.97. The molecule has 0 bridgehead atoms. The number of halogens is 1. The van der Waals surface area contributed by atoms with Gasteiger partial charge in [0.1, 0.15) is 0 Å². The van der Waals surface area contributed by atoms with Crippen molar-refractivity contribution in [1.29, 1.82) is 0 Å². The predicted molar refractivity (Wildman–Crippen MR) is 87.7 cm³/mol. The second-order valence-corrected chi connectivity index (χ2v) is 6.32. The van der Waals surface area contributed by atoms with Crippen molar-refractivity contribution in [3.8, 4) is 0 Å². The molecule has 2 aromatic carbocycles. The summed E-state index contributed by atoms with van der Waals surface area (Å²) in [5.41, 5.74) is 2.52. The van der Waals surface area contributed by atoms with Crippen LogP contribution in [0.3, 0.4) is 0 Å². The van der Waals surface area contributed by atoms with Crippen LogP contribution >= 0.6 is 23.4 Å². The van der Waals surface area contributed by atoms with Crippen molar-refractivity contribution in [2.75, 3.05) is 5.75 Å². The summed E-state index contributed by atoms with van der Waals surface area (Å²) in [6.45, 7) is 2.15. The summed E-state index contributed by atoms with van der Waals surface area (Å²) in [5.74, 6) is 0.692. The molecule has 0 aliphatic rings. The third-order valence-corrected chi connectivity index (χ3v) is 4.57. The molecule has 0 fully saturated rings. The molecule has 2 aromatic rings. The second-order valence-electron chi connectivity index (χ2n) is 4.79. The fourth-order valence-corrected chi connectivity index (χ4v) is 2.92. The van der Waals surface area contributed by atoms with Gasteiger partial charge in [0.05, 0.1) is 6.10 Å². The van der Waals surface area contributed by atoms with E-state index in [-0.39, 0.29) is 6.10 Å². The highest BCUT2D eigenvalue weighted by Crippen LogP contribution is 2.22. The van der Waals surface area contributed by atoms with Gasteiger partial charge in [0.25, 0.3) is 0 Å². The standard InChI is InChI=1S/C17H19ClOS/c1-2-13-3-5-14(6-4-13)11-16(19)12-20-17-9-7-15(18)8-10-17/h3-10,16,19H,2,11-12H2,1H3. The number of benzene rings is 2. The summed E-state index contributed by atoms with van der Waals surface area (Å²) in [5, 5.41) is 10.8. The molecule has 2 rings (SSSR count). The summed E-state index contributed by atoms with van der Waals surface area (Å²) in [6, 6.07) is 16.2. The zero-order valence-corrected chi connectivity index (χ0v) is 13.1. The van der Waals surface area contributed by atoms with Gasteiger partial charge in [0, 0.05) is 15.7 Å². The molecule has 1 N–H and O–H groups in total. The van der Waals surface area contributed by atoms with Gasteiger partial charge in [0.15, 0.2) is 0 Å². The van der Waals surface area contributed by atoms with E-state index < -0.39 is 0 Å². The molecule has 3 heteroatoms. The highest BCUT2D eigenvalue weighted by Gasteiger charge is 2.06. The Labute approximate surface area is 130 Å². The summed E-state index contributed by atoms with van der Waals surface area (Å²) in [7, 11) is 0. The van der Waals surface area contributed by atoms with E-state index in [1.807, 2.05) is 24.3 Å². The first-order valence-corrected chi connectivity index (χ1v) is 8.18. The van der Waals surface area contributed by atoms with Gasteiger partial charge < -0.3 is 5.11 Å². The molecule has 20 heavy (non-hydrogen) atoms. The molecular weight excluding hydrogens is 288 g/mol. The van der Waals surface area contributed by atoms with Crippen molar-refractivity contribution in [2.45, 2.75) is 30.8 Å².